The second kappa shape index (κ2) is 6.02. The molecule has 0 spiro atoms. The van der Waals surface area contributed by atoms with Gasteiger partial charge in [-0.2, -0.15) is 0 Å². The Morgan fingerprint density at radius 1 is 1.50 bits per heavy atom. The first kappa shape index (κ1) is 17.4. The third-order valence-electron chi connectivity index (χ3n) is 4.88. The predicted octanol–water partition coefficient (Wildman–Crippen LogP) is 4.01. The molecule has 0 radical (unpaired) electrons. The fourth-order valence-electron chi connectivity index (χ4n) is 2.39. The maximum Gasteiger partial charge on any atom is 0.220 e. The fourth-order valence-corrected chi connectivity index (χ4v) is 3.83. The number of amides is 1. The Hall–Kier alpha value is -0.613. The monoisotopic (exact) mass is 297 g/mol. The first-order chi connectivity index (χ1) is 9.02. The lowest BCUT2D eigenvalue weighted by molar-refractivity contribution is -0.128. The maximum atomic E-state index is 11.8. The Morgan fingerprint density at radius 2 is 2.10 bits per heavy atom. The summed E-state index contributed by atoms with van der Waals surface area (Å²) in [6.07, 6.45) is 5.21. The van der Waals surface area contributed by atoms with Crippen LogP contribution in [0.3, 0.4) is 0 Å². The average molecular weight is 298 g/mol. The van der Waals surface area contributed by atoms with Crippen LogP contribution in [0.5, 0.6) is 0 Å². The lowest BCUT2D eigenvalue weighted by Gasteiger charge is -2.48. The van der Waals surface area contributed by atoms with Gasteiger partial charge in [-0.25, -0.2) is 0 Å². The second-order valence-electron chi connectivity index (χ2n) is 7.70. The van der Waals surface area contributed by atoms with E-state index in [1.54, 1.807) is 0 Å². The van der Waals surface area contributed by atoms with E-state index in [0.717, 1.165) is 19.3 Å². The van der Waals surface area contributed by atoms with Crippen LogP contribution in [-0.4, -0.2) is 25.9 Å². The molecule has 1 amide bonds. The molecule has 1 N–H and O–H groups in total. The third-order valence-corrected chi connectivity index (χ3v) is 9.37. The molecule has 0 aromatic rings. The molecule has 0 bridgehead atoms. The molecular formula is C16H31NO2Si. The van der Waals surface area contributed by atoms with E-state index in [-0.39, 0.29) is 22.6 Å². The van der Waals surface area contributed by atoms with Gasteiger partial charge in [0.2, 0.25) is 5.91 Å². The van der Waals surface area contributed by atoms with E-state index in [1.807, 2.05) is 6.08 Å². The molecular weight excluding hydrogens is 266 g/mol. The highest BCUT2D eigenvalue weighted by Gasteiger charge is 2.46. The van der Waals surface area contributed by atoms with Crippen molar-refractivity contribution >= 4 is 14.2 Å². The Bertz CT molecular complexity index is 373. The van der Waals surface area contributed by atoms with E-state index in [2.05, 4.69) is 52.7 Å². The van der Waals surface area contributed by atoms with Crippen LogP contribution in [0.2, 0.25) is 18.1 Å². The van der Waals surface area contributed by atoms with Gasteiger partial charge < -0.3 is 9.74 Å². The number of hydrogen-bond donors (Lipinski definition) is 1. The summed E-state index contributed by atoms with van der Waals surface area (Å²) >= 11 is 0. The van der Waals surface area contributed by atoms with Crippen LogP contribution in [0.25, 0.3) is 0 Å². The number of rotatable bonds is 5. The molecule has 1 fully saturated rings. The third kappa shape index (κ3) is 3.95. The van der Waals surface area contributed by atoms with Gasteiger partial charge in [-0.15, -0.1) is 6.58 Å². The van der Waals surface area contributed by atoms with Gasteiger partial charge in [0.05, 0.1) is 11.6 Å². The van der Waals surface area contributed by atoms with Crippen molar-refractivity contribution in [3.63, 3.8) is 0 Å². The van der Waals surface area contributed by atoms with Gasteiger partial charge in [-0.3, -0.25) is 4.79 Å². The van der Waals surface area contributed by atoms with Crippen molar-refractivity contribution in [2.75, 3.05) is 0 Å². The van der Waals surface area contributed by atoms with Gasteiger partial charge in [0.25, 0.3) is 0 Å². The first-order valence-corrected chi connectivity index (χ1v) is 10.5. The van der Waals surface area contributed by atoms with Crippen LogP contribution in [0.15, 0.2) is 12.7 Å². The van der Waals surface area contributed by atoms with Crippen molar-refractivity contribution < 1.29 is 9.22 Å². The van der Waals surface area contributed by atoms with Gasteiger partial charge >= 0.3 is 0 Å². The van der Waals surface area contributed by atoms with Crippen molar-refractivity contribution in [3.8, 4) is 0 Å². The summed E-state index contributed by atoms with van der Waals surface area (Å²) in [6.45, 7) is 17.2. The first-order valence-electron chi connectivity index (χ1n) is 7.61. The van der Waals surface area contributed by atoms with Crippen molar-refractivity contribution in [1.82, 2.24) is 5.32 Å². The Morgan fingerprint density at radius 3 is 2.60 bits per heavy atom. The lowest BCUT2D eigenvalue weighted by atomic mass is 9.83. The minimum absolute atomic E-state index is 0.112. The molecule has 1 saturated heterocycles. The minimum atomic E-state index is -1.82. The molecule has 1 aliphatic rings. The topological polar surface area (TPSA) is 38.3 Å². The molecule has 4 heteroatoms. The summed E-state index contributed by atoms with van der Waals surface area (Å²) in [6, 6.07) is 0. The number of hydrogen-bond acceptors (Lipinski definition) is 2. The van der Waals surface area contributed by atoms with E-state index in [4.69, 9.17) is 4.43 Å². The van der Waals surface area contributed by atoms with Crippen LogP contribution in [0.4, 0.5) is 0 Å². The van der Waals surface area contributed by atoms with Gasteiger partial charge in [-0.1, -0.05) is 26.8 Å². The predicted molar refractivity (Wildman–Crippen MR) is 87.3 cm³/mol. The van der Waals surface area contributed by atoms with Gasteiger partial charge in [0, 0.05) is 6.42 Å². The SMILES string of the molecule is C=CCC[C@]1(C)NC(=O)CC[C@@H]1O[Si](C)(C)C(C)(C)C. The second-order valence-corrected chi connectivity index (χ2v) is 12.5. The summed E-state index contributed by atoms with van der Waals surface area (Å²) in [4.78, 5) is 11.8. The number of allylic oxidation sites excluding steroid dienone is 1. The van der Waals surface area contributed by atoms with Crippen LogP contribution in [-0.2, 0) is 9.22 Å². The highest BCUT2D eigenvalue weighted by atomic mass is 28.4. The van der Waals surface area contributed by atoms with E-state index in [9.17, 15) is 4.79 Å². The van der Waals surface area contributed by atoms with Crippen LogP contribution >= 0.6 is 0 Å². The van der Waals surface area contributed by atoms with Gasteiger partial charge in [0.15, 0.2) is 8.32 Å². The highest BCUT2D eigenvalue weighted by Crippen LogP contribution is 2.40. The standard InChI is InChI=1S/C16H31NO2Si/c1-8-9-12-16(5)13(10-11-14(18)17-16)19-20(6,7)15(2,3)4/h8,13H,1,9-12H2,2-7H3,(H,17,18)/t13-,16-/m0/s1. The molecule has 1 rings (SSSR count). The molecule has 0 unspecified atom stereocenters. The normalized spacial score (nSPS) is 28.1. The largest absolute Gasteiger partial charge is 0.412 e. The molecule has 0 aromatic carbocycles. The molecule has 20 heavy (non-hydrogen) atoms. The number of carbonyl (C=O) groups excluding carboxylic acids is 1. The van der Waals surface area contributed by atoms with Gasteiger partial charge in [-0.05, 0) is 44.3 Å². The summed E-state index contributed by atoms with van der Waals surface area (Å²) in [5.74, 6) is 0.145. The molecule has 0 aliphatic carbocycles. The van der Waals surface area contributed by atoms with Crippen molar-refractivity contribution in [2.24, 2.45) is 0 Å². The van der Waals surface area contributed by atoms with E-state index < -0.39 is 8.32 Å². The lowest BCUT2D eigenvalue weighted by Crippen LogP contribution is -2.62. The van der Waals surface area contributed by atoms with E-state index >= 15 is 0 Å². The summed E-state index contributed by atoms with van der Waals surface area (Å²) in [5, 5.41) is 3.35. The molecule has 1 heterocycles. The summed E-state index contributed by atoms with van der Waals surface area (Å²) in [7, 11) is -1.82. The van der Waals surface area contributed by atoms with Crippen LogP contribution in [0, 0.1) is 0 Å². The maximum absolute atomic E-state index is 11.8. The highest BCUT2D eigenvalue weighted by molar-refractivity contribution is 6.74. The van der Waals surface area contributed by atoms with Crippen LogP contribution in [0.1, 0.15) is 53.4 Å². The van der Waals surface area contributed by atoms with Crippen molar-refractivity contribution in [1.29, 1.82) is 0 Å². The van der Waals surface area contributed by atoms with E-state index in [1.165, 1.54) is 0 Å². The van der Waals surface area contributed by atoms with Crippen molar-refractivity contribution in [2.45, 2.75) is 83.2 Å². The summed E-state index contributed by atoms with van der Waals surface area (Å²) < 4.78 is 6.59. The molecule has 2 atom stereocenters. The zero-order valence-electron chi connectivity index (χ0n) is 14.0. The van der Waals surface area contributed by atoms with Crippen LogP contribution < -0.4 is 5.32 Å². The molecule has 3 nitrogen and oxygen atoms in total. The molecule has 1 aliphatic heterocycles. The average Bonchev–Trinajstić information content (AvgIpc) is 2.29. The smallest absolute Gasteiger partial charge is 0.220 e. The summed E-state index contributed by atoms with van der Waals surface area (Å²) in [5.41, 5.74) is -0.265. The Labute approximate surface area is 125 Å². The number of piperidine rings is 1. The quantitative estimate of drug-likeness (QED) is 0.615. The molecule has 0 aromatic heterocycles. The Kier molecular flexibility index (Phi) is 5.25. The minimum Gasteiger partial charge on any atom is -0.412 e. The zero-order chi connectivity index (χ0) is 15.6. The number of nitrogens with one attached hydrogen (secondary N) is 1. The number of carbonyl (C=O) groups is 1. The van der Waals surface area contributed by atoms with Crippen molar-refractivity contribution in [3.05, 3.63) is 12.7 Å². The fraction of sp³-hybridized carbons (Fsp3) is 0.812. The molecule has 0 saturated carbocycles. The Balaban J connectivity index is 2.89. The van der Waals surface area contributed by atoms with E-state index in [0.29, 0.717) is 6.42 Å². The van der Waals surface area contributed by atoms with Gasteiger partial charge in [0.1, 0.15) is 0 Å². The molecule has 116 valence electrons. The zero-order valence-corrected chi connectivity index (χ0v) is 15.0.